The fourth-order valence-electron chi connectivity index (χ4n) is 2.31. The predicted molar refractivity (Wildman–Crippen MR) is 68.5 cm³/mol. The minimum Gasteiger partial charge on any atom is -0.481 e. The van der Waals surface area contributed by atoms with Crippen LogP contribution >= 0.6 is 0 Å². The molecule has 2 atom stereocenters. The van der Waals surface area contributed by atoms with E-state index in [4.69, 9.17) is 9.84 Å². The zero-order valence-corrected chi connectivity index (χ0v) is 11.2. The van der Waals surface area contributed by atoms with Crippen molar-refractivity contribution in [3.63, 3.8) is 0 Å². The van der Waals surface area contributed by atoms with Gasteiger partial charge in [-0.15, -0.1) is 0 Å². The van der Waals surface area contributed by atoms with Gasteiger partial charge in [0.2, 0.25) is 0 Å². The number of carboxylic acids is 1. The summed E-state index contributed by atoms with van der Waals surface area (Å²) in [6.45, 7) is 5.42. The summed E-state index contributed by atoms with van der Waals surface area (Å²) in [6.07, 6.45) is 2.80. The van der Waals surface area contributed by atoms with E-state index in [1.54, 1.807) is 0 Å². The van der Waals surface area contributed by atoms with Crippen LogP contribution in [-0.4, -0.2) is 60.0 Å². The summed E-state index contributed by atoms with van der Waals surface area (Å²) in [7, 11) is 0. The van der Waals surface area contributed by atoms with Crippen LogP contribution in [0.2, 0.25) is 0 Å². The highest BCUT2D eigenvalue weighted by molar-refractivity contribution is 5.67. The van der Waals surface area contributed by atoms with Gasteiger partial charge in [0.05, 0.1) is 12.7 Å². The zero-order chi connectivity index (χ0) is 13.4. The van der Waals surface area contributed by atoms with Crippen molar-refractivity contribution in [3.8, 4) is 0 Å². The van der Waals surface area contributed by atoms with Crippen LogP contribution in [0.15, 0.2) is 0 Å². The summed E-state index contributed by atoms with van der Waals surface area (Å²) in [5.74, 6) is -0.499. The summed E-state index contributed by atoms with van der Waals surface area (Å²) >= 11 is 0. The maximum absolute atomic E-state index is 10.6. The van der Waals surface area contributed by atoms with Crippen molar-refractivity contribution in [1.29, 1.82) is 0 Å². The average Bonchev–Trinajstić information content (AvgIpc) is 2.71. The zero-order valence-electron chi connectivity index (χ0n) is 11.2. The second-order valence-corrected chi connectivity index (χ2v) is 5.09. The Hall–Kier alpha value is -0.650. The van der Waals surface area contributed by atoms with Crippen molar-refractivity contribution in [2.24, 2.45) is 5.92 Å². The van der Waals surface area contributed by atoms with E-state index in [0.29, 0.717) is 19.8 Å². The molecule has 1 fully saturated rings. The van der Waals surface area contributed by atoms with Crippen molar-refractivity contribution in [2.75, 3.05) is 32.8 Å². The molecule has 0 aromatic heterocycles. The van der Waals surface area contributed by atoms with Crippen LogP contribution in [0.4, 0.5) is 0 Å². The number of nitrogens with zero attached hydrogens (tertiary/aromatic N) is 1. The van der Waals surface area contributed by atoms with Gasteiger partial charge < -0.3 is 19.8 Å². The van der Waals surface area contributed by atoms with Crippen molar-refractivity contribution >= 4 is 5.97 Å². The number of carbonyl (C=O) groups is 1. The lowest BCUT2D eigenvalue weighted by molar-refractivity contribution is -0.138. The number of ether oxygens (including phenoxy) is 1. The molecule has 5 heteroatoms. The molecule has 2 unspecified atom stereocenters. The first kappa shape index (κ1) is 15.4. The van der Waals surface area contributed by atoms with Crippen LogP contribution < -0.4 is 0 Å². The number of likely N-dealkylation sites (tertiary alicyclic amines) is 1. The minimum atomic E-state index is -0.731. The standard InChI is InChI=1S/C13H25NO4/c1-2-3-6-18-10-12(15)9-14-5-4-11(8-14)7-13(16)17/h11-12,15H,2-10H2,1H3,(H,16,17). The molecule has 1 rings (SSSR count). The van der Waals surface area contributed by atoms with Crippen molar-refractivity contribution in [3.05, 3.63) is 0 Å². The summed E-state index contributed by atoms with van der Waals surface area (Å²) in [6, 6.07) is 0. The van der Waals surface area contributed by atoms with Crippen LogP contribution in [0.25, 0.3) is 0 Å². The highest BCUT2D eigenvalue weighted by Crippen LogP contribution is 2.19. The Morgan fingerprint density at radius 1 is 1.56 bits per heavy atom. The molecule has 0 amide bonds. The third-order valence-electron chi connectivity index (χ3n) is 3.25. The van der Waals surface area contributed by atoms with Gasteiger partial charge in [0.25, 0.3) is 0 Å². The Kier molecular flexibility index (Phi) is 7.23. The molecule has 1 aliphatic rings. The first-order chi connectivity index (χ1) is 8.61. The smallest absolute Gasteiger partial charge is 0.303 e. The molecule has 1 saturated heterocycles. The highest BCUT2D eigenvalue weighted by Gasteiger charge is 2.25. The Balaban J connectivity index is 2.10. The van der Waals surface area contributed by atoms with E-state index in [-0.39, 0.29) is 12.3 Å². The van der Waals surface area contributed by atoms with Gasteiger partial charge in [-0.1, -0.05) is 13.3 Å². The molecule has 2 N–H and O–H groups in total. The predicted octanol–water partition coefficient (Wildman–Crippen LogP) is 0.961. The van der Waals surface area contributed by atoms with Gasteiger partial charge in [0.15, 0.2) is 0 Å². The number of unbranched alkanes of at least 4 members (excludes halogenated alkanes) is 1. The van der Waals surface area contributed by atoms with Crippen molar-refractivity contribution < 1.29 is 19.7 Å². The first-order valence-corrected chi connectivity index (χ1v) is 6.81. The number of carboxylic acid groups (broad SMARTS) is 1. The lowest BCUT2D eigenvalue weighted by Gasteiger charge is -2.19. The number of hydrogen-bond donors (Lipinski definition) is 2. The fraction of sp³-hybridized carbons (Fsp3) is 0.923. The highest BCUT2D eigenvalue weighted by atomic mass is 16.5. The largest absolute Gasteiger partial charge is 0.481 e. The third kappa shape index (κ3) is 6.33. The minimum absolute atomic E-state index is 0.232. The number of β-amino-alcohol motifs (C(OH)–C–C–N with tert-alkyl or cyclic N) is 1. The molecule has 0 aliphatic carbocycles. The van der Waals surface area contributed by atoms with E-state index in [9.17, 15) is 9.90 Å². The van der Waals surface area contributed by atoms with Crippen LogP contribution in [-0.2, 0) is 9.53 Å². The van der Waals surface area contributed by atoms with E-state index in [2.05, 4.69) is 11.8 Å². The molecular formula is C13H25NO4. The lowest BCUT2D eigenvalue weighted by Crippen LogP contribution is -2.33. The summed E-state index contributed by atoms with van der Waals surface area (Å²) < 4.78 is 5.37. The monoisotopic (exact) mass is 259 g/mol. The van der Waals surface area contributed by atoms with Gasteiger partial charge >= 0.3 is 5.97 Å². The first-order valence-electron chi connectivity index (χ1n) is 6.81. The molecule has 0 spiro atoms. The molecule has 1 heterocycles. The third-order valence-corrected chi connectivity index (χ3v) is 3.25. The van der Waals surface area contributed by atoms with E-state index >= 15 is 0 Å². The van der Waals surface area contributed by atoms with Gasteiger partial charge in [-0.25, -0.2) is 0 Å². The van der Waals surface area contributed by atoms with Crippen LogP contribution in [0.5, 0.6) is 0 Å². The molecule has 0 saturated carbocycles. The summed E-state index contributed by atoms with van der Waals surface area (Å²) in [4.78, 5) is 12.7. The Labute approximate surface area is 109 Å². The SMILES string of the molecule is CCCCOCC(O)CN1CCC(CC(=O)O)C1. The molecule has 0 radical (unpaired) electrons. The number of aliphatic hydroxyl groups excluding tert-OH is 1. The van der Waals surface area contributed by atoms with E-state index in [1.165, 1.54) is 0 Å². The number of aliphatic carboxylic acids is 1. The fourth-order valence-corrected chi connectivity index (χ4v) is 2.31. The summed E-state index contributed by atoms with van der Waals surface area (Å²) in [5, 5.41) is 18.5. The number of hydrogen-bond acceptors (Lipinski definition) is 4. The Morgan fingerprint density at radius 2 is 2.33 bits per heavy atom. The van der Waals surface area contributed by atoms with Gasteiger partial charge in [0, 0.05) is 26.1 Å². The topological polar surface area (TPSA) is 70.0 Å². The molecule has 0 aromatic carbocycles. The maximum atomic E-state index is 10.6. The van der Waals surface area contributed by atoms with Crippen LogP contribution in [0.1, 0.15) is 32.6 Å². The van der Waals surface area contributed by atoms with Crippen LogP contribution in [0, 0.1) is 5.92 Å². The summed E-state index contributed by atoms with van der Waals surface area (Å²) in [5.41, 5.74) is 0. The quantitative estimate of drug-likeness (QED) is 0.604. The van der Waals surface area contributed by atoms with Gasteiger partial charge in [-0.05, 0) is 25.3 Å². The molecular weight excluding hydrogens is 234 g/mol. The molecule has 0 bridgehead atoms. The van der Waals surface area contributed by atoms with E-state index < -0.39 is 12.1 Å². The molecule has 1 aliphatic heterocycles. The van der Waals surface area contributed by atoms with Crippen molar-refractivity contribution in [2.45, 2.75) is 38.7 Å². The van der Waals surface area contributed by atoms with Crippen LogP contribution in [0.3, 0.4) is 0 Å². The molecule has 5 nitrogen and oxygen atoms in total. The van der Waals surface area contributed by atoms with E-state index in [0.717, 1.165) is 32.4 Å². The second kappa shape index (κ2) is 8.45. The van der Waals surface area contributed by atoms with Gasteiger partial charge in [-0.3, -0.25) is 4.79 Å². The lowest BCUT2D eigenvalue weighted by atomic mass is 10.1. The molecule has 106 valence electrons. The number of aliphatic hydroxyl groups is 1. The van der Waals surface area contributed by atoms with Crippen molar-refractivity contribution in [1.82, 2.24) is 4.90 Å². The average molecular weight is 259 g/mol. The normalized spacial score (nSPS) is 22.2. The van der Waals surface area contributed by atoms with Gasteiger partial charge in [0.1, 0.15) is 0 Å². The molecule has 0 aromatic rings. The Bertz CT molecular complexity index is 247. The second-order valence-electron chi connectivity index (χ2n) is 5.09. The Morgan fingerprint density at radius 3 is 3.00 bits per heavy atom. The van der Waals surface area contributed by atoms with Gasteiger partial charge in [-0.2, -0.15) is 0 Å². The van der Waals surface area contributed by atoms with E-state index in [1.807, 2.05) is 0 Å². The molecule has 18 heavy (non-hydrogen) atoms. The maximum Gasteiger partial charge on any atom is 0.303 e. The number of rotatable bonds is 9.